The van der Waals surface area contributed by atoms with Crippen molar-refractivity contribution in [1.29, 1.82) is 0 Å². The summed E-state index contributed by atoms with van der Waals surface area (Å²) in [4.78, 5) is 23.3. The molecular formula is C18H16O3. The molecule has 0 aliphatic heterocycles. The topological polar surface area (TPSA) is 43.4 Å². The first-order valence-electron chi connectivity index (χ1n) is 7.02. The zero-order valence-corrected chi connectivity index (χ0v) is 11.8. The molecule has 0 saturated heterocycles. The number of benzene rings is 2. The molecule has 106 valence electrons. The third-order valence-electron chi connectivity index (χ3n) is 3.76. The van der Waals surface area contributed by atoms with E-state index in [1.54, 1.807) is 12.1 Å². The van der Waals surface area contributed by atoms with Crippen molar-refractivity contribution in [1.82, 2.24) is 0 Å². The smallest absolute Gasteiger partial charge is 0.337 e. The fourth-order valence-corrected chi connectivity index (χ4v) is 2.32. The molecule has 2 aromatic carbocycles. The second kappa shape index (κ2) is 5.52. The second-order valence-corrected chi connectivity index (χ2v) is 5.28. The van der Waals surface area contributed by atoms with Crippen molar-refractivity contribution in [2.24, 2.45) is 5.92 Å². The third kappa shape index (κ3) is 2.87. The lowest BCUT2D eigenvalue weighted by Crippen LogP contribution is -2.01. The summed E-state index contributed by atoms with van der Waals surface area (Å²) in [7, 11) is 1.37. The molecule has 21 heavy (non-hydrogen) atoms. The standard InChI is InChI=1S/C18H16O3/c1-21-18(20)16-10-4-13(5-11-16)12-2-6-14(7-3-12)17(19)15-8-9-15/h2-7,10-11,15H,8-9H2,1H3. The highest BCUT2D eigenvalue weighted by atomic mass is 16.5. The Labute approximate surface area is 123 Å². The fourth-order valence-electron chi connectivity index (χ4n) is 2.32. The van der Waals surface area contributed by atoms with Crippen molar-refractivity contribution < 1.29 is 14.3 Å². The average molecular weight is 280 g/mol. The molecule has 1 saturated carbocycles. The maximum atomic E-state index is 12.0. The zero-order chi connectivity index (χ0) is 14.8. The number of methoxy groups -OCH3 is 1. The van der Waals surface area contributed by atoms with Gasteiger partial charge in [-0.05, 0) is 36.1 Å². The van der Waals surface area contributed by atoms with Crippen LogP contribution in [0, 0.1) is 5.92 Å². The van der Waals surface area contributed by atoms with Crippen LogP contribution in [0.4, 0.5) is 0 Å². The molecule has 1 aliphatic carbocycles. The average Bonchev–Trinajstić information content (AvgIpc) is 3.39. The van der Waals surface area contributed by atoms with Crippen LogP contribution in [0.3, 0.4) is 0 Å². The normalized spacial score (nSPS) is 13.8. The summed E-state index contributed by atoms with van der Waals surface area (Å²) in [6.45, 7) is 0. The van der Waals surface area contributed by atoms with Gasteiger partial charge in [-0.3, -0.25) is 4.79 Å². The van der Waals surface area contributed by atoms with Crippen LogP contribution in [-0.2, 0) is 4.74 Å². The van der Waals surface area contributed by atoms with Crippen LogP contribution in [0.25, 0.3) is 11.1 Å². The highest BCUT2D eigenvalue weighted by Crippen LogP contribution is 2.33. The molecule has 3 rings (SSSR count). The number of carbonyl (C=O) groups excluding carboxylic acids is 2. The van der Waals surface area contributed by atoms with E-state index in [0.29, 0.717) is 5.56 Å². The van der Waals surface area contributed by atoms with Gasteiger partial charge in [0.2, 0.25) is 0 Å². The molecule has 0 unspecified atom stereocenters. The van der Waals surface area contributed by atoms with E-state index in [9.17, 15) is 9.59 Å². The molecule has 1 aliphatic rings. The van der Waals surface area contributed by atoms with Gasteiger partial charge in [-0.1, -0.05) is 36.4 Å². The van der Waals surface area contributed by atoms with Gasteiger partial charge in [-0.2, -0.15) is 0 Å². The maximum Gasteiger partial charge on any atom is 0.337 e. The van der Waals surface area contributed by atoms with Gasteiger partial charge in [0.05, 0.1) is 12.7 Å². The lowest BCUT2D eigenvalue weighted by Gasteiger charge is -2.05. The van der Waals surface area contributed by atoms with E-state index in [4.69, 9.17) is 0 Å². The SMILES string of the molecule is COC(=O)c1ccc(-c2ccc(C(=O)C3CC3)cc2)cc1. The quantitative estimate of drug-likeness (QED) is 0.633. The molecule has 0 radical (unpaired) electrons. The second-order valence-electron chi connectivity index (χ2n) is 5.28. The minimum Gasteiger partial charge on any atom is -0.465 e. The first-order chi connectivity index (χ1) is 10.2. The van der Waals surface area contributed by atoms with Crippen molar-refractivity contribution >= 4 is 11.8 Å². The number of rotatable bonds is 4. The third-order valence-corrected chi connectivity index (χ3v) is 3.76. The molecule has 3 heteroatoms. The van der Waals surface area contributed by atoms with Crippen LogP contribution >= 0.6 is 0 Å². The zero-order valence-electron chi connectivity index (χ0n) is 11.8. The Morgan fingerprint density at radius 2 is 1.33 bits per heavy atom. The Morgan fingerprint density at radius 3 is 1.76 bits per heavy atom. The monoisotopic (exact) mass is 280 g/mol. The van der Waals surface area contributed by atoms with Gasteiger partial charge in [0.15, 0.2) is 5.78 Å². The minimum atomic E-state index is -0.341. The van der Waals surface area contributed by atoms with Crippen LogP contribution in [0.1, 0.15) is 33.6 Å². The summed E-state index contributed by atoms with van der Waals surface area (Å²) in [6, 6.07) is 14.9. The van der Waals surface area contributed by atoms with Crippen LogP contribution in [-0.4, -0.2) is 18.9 Å². The van der Waals surface area contributed by atoms with Gasteiger partial charge < -0.3 is 4.74 Å². The van der Waals surface area contributed by atoms with Gasteiger partial charge in [0.25, 0.3) is 0 Å². The lowest BCUT2D eigenvalue weighted by molar-refractivity contribution is 0.0600. The highest BCUT2D eigenvalue weighted by Gasteiger charge is 2.30. The van der Waals surface area contributed by atoms with Gasteiger partial charge in [-0.25, -0.2) is 4.79 Å². The number of esters is 1. The van der Waals surface area contributed by atoms with Crippen LogP contribution in [0.15, 0.2) is 48.5 Å². The van der Waals surface area contributed by atoms with E-state index in [-0.39, 0.29) is 17.7 Å². The summed E-state index contributed by atoms with van der Waals surface area (Å²) in [5.74, 6) is 0.157. The molecule has 0 bridgehead atoms. The largest absolute Gasteiger partial charge is 0.465 e. The fraction of sp³-hybridized carbons (Fsp3) is 0.222. The van der Waals surface area contributed by atoms with Crippen molar-refractivity contribution in [3.05, 3.63) is 59.7 Å². The highest BCUT2D eigenvalue weighted by molar-refractivity contribution is 5.99. The first kappa shape index (κ1) is 13.6. The number of hydrogen-bond donors (Lipinski definition) is 0. The van der Waals surface area contributed by atoms with Crippen molar-refractivity contribution in [3.8, 4) is 11.1 Å². The molecule has 0 aromatic heterocycles. The predicted molar refractivity (Wildman–Crippen MR) is 80.3 cm³/mol. The summed E-state index contributed by atoms with van der Waals surface area (Å²) in [6.07, 6.45) is 2.05. The van der Waals surface area contributed by atoms with E-state index in [1.807, 2.05) is 36.4 Å². The van der Waals surface area contributed by atoms with E-state index in [2.05, 4.69) is 4.74 Å². The van der Waals surface area contributed by atoms with Gasteiger partial charge in [-0.15, -0.1) is 0 Å². The van der Waals surface area contributed by atoms with Crippen molar-refractivity contribution in [3.63, 3.8) is 0 Å². The Kier molecular flexibility index (Phi) is 3.57. The first-order valence-corrected chi connectivity index (χ1v) is 7.02. The number of ether oxygens (including phenoxy) is 1. The van der Waals surface area contributed by atoms with Gasteiger partial charge in [0, 0.05) is 11.5 Å². The maximum absolute atomic E-state index is 12.0. The minimum absolute atomic E-state index is 0.246. The molecule has 1 fully saturated rings. The molecule has 0 atom stereocenters. The Balaban J connectivity index is 1.80. The molecule has 0 heterocycles. The molecular weight excluding hydrogens is 264 g/mol. The predicted octanol–water partition coefficient (Wildman–Crippen LogP) is 3.73. The lowest BCUT2D eigenvalue weighted by atomic mass is 10.0. The summed E-state index contributed by atoms with van der Waals surface area (Å²) < 4.78 is 4.68. The van der Waals surface area contributed by atoms with E-state index in [1.165, 1.54) is 7.11 Å². The van der Waals surface area contributed by atoms with E-state index >= 15 is 0 Å². The molecule has 0 amide bonds. The number of carbonyl (C=O) groups is 2. The molecule has 2 aromatic rings. The van der Waals surface area contributed by atoms with E-state index in [0.717, 1.165) is 29.5 Å². The Hall–Kier alpha value is -2.42. The number of Topliss-reactive ketones (excluding diaryl/α,β-unsaturated/α-hetero) is 1. The molecule has 0 N–H and O–H groups in total. The van der Waals surface area contributed by atoms with Crippen molar-refractivity contribution in [2.45, 2.75) is 12.8 Å². The van der Waals surface area contributed by atoms with Crippen LogP contribution in [0.2, 0.25) is 0 Å². The van der Waals surface area contributed by atoms with Gasteiger partial charge in [0.1, 0.15) is 0 Å². The Morgan fingerprint density at radius 1 is 0.857 bits per heavy atom. The number of ketones is 1. The van der Waals surface area contributed by atoms with Crippen LogP contribution in [0.5, 0.6) is 0 Å². The van der Waals surface area contributed by atoms with Gasteiger partial charge >= 0.3 is 5.97 Å². The number of hydrogen-bond acceptors (Lipinski definition) is 3. The molecule has 0 spiro atoms. The van der Waals surface area contributed by atoms with Crippen molar-refractivity contribution in [2.75, 3.05) is 7.11 Å². The summed E-state index contributed by atoms with van der Waals surface area (Å²) in [5, 5.41) is 0. The summed E-state index contributed by atoms with van der Waals surface area (Å²) in [5.41, 5.74) is 3.35. The molecule has 3 nitrogen and oxygen atoms in total. The van der Waals surface area contributed by atoms with Crippen LogP contribution < -0.4 is 0 Å². The van der Waals surface area contributed by atoms with E-state index < -0.39 is 0 Å². The Bertz CT molecular complexity index is 665. The summed E-state index contributed by atoms with van der Waals surface area (Å²) >= 11 is 0.